The van der Waals surface area contributed by atoms with Crippen molar-refractivity contribution in [1.82, 2.24) is 4.98 Å². The van der Waals surface area contributed by atoms with Gasteiger partial charge in [-0.15, -0.1) is 19.7 Å². The first-order chi connectivity index (χ1) is 9.22. The van der Waals surface area contributed by atoms with E-state index < -0.39 is 0 Å². The van der Waals surface area contributed by atoms with Gasteiger partial charge in [-0.25, -0.2) is 0 Å². The highest BCUT2D eigenvalue weighted by molar-refractivity contribution is 6.00. The van der Waals surface area contributed by atoms with Gasteiger partial charge >= 0.3 is 0 Å². The molecule has 1 heterocycles. The van der Waals surface area contributed by atoms with Crippen LogP contribution in [0.2, 0.25) is 0 Å². The summed E-state index contributed by atoms with van der Waals surface area (Å²) in [6, 6.07) is 1.75. The van der Waals surface area contributed by atoms with Crippen molar-refractivity contribution < 1.29 is 4.79 Å². The highest BCUT2D eigenvalue weighted by Crippen LogP contribution is 2.18. The van der Waals surface area contributed by atoms with Crippen LogP contribution in [0.25, 0.3) is 6.08 Å². The minimum atomic E-state index is 0.0557. The molecule has 0 unspecified atom stereocenters. The van der Waals surface area contributed by atoms with Crippen molar-refractivity contribution in [2.75, 3.05) is 0 Å². The molecule has 0 aliphatic rings. The summed E-state index contributed by atoms with van der Waals surface area (Å²) < 4.78 is 0. The molecular weight excluding hydrogens is 234 g/mol. The number of hydrogen-bond acceptors (Lipinski definition) is 2. The number of Topliss-reactive ketones (excluding diaryl/α,β-unsaturated/α-hetero) is 1. The number of carbonyl (C=O) groups excluding carboxylic acids is 1. The fraction of sp³-hybridized carbons (Fsp3) is 0.176. The molecule has 0 saturated heterocycles. The highest BCUT2D eigenvalue weighted by Gasteiger charge is 2.08. The lowest BCUT2D eigenvalue weighted by Gasteiger charge is -2.06. The summed E-state index contributed by atoms with van der Waals surface area (Å²) in [6.07, 6.45) is 12.5. The molecule has 0 spiro atoms. The average molecular weight is 253 g/mol. The van der Waals surface area contributed by atoms with Crippen molar-refractivity contribution in [2.45, 2.75) is 19.3 Å². The third kappa shape index (κ3) is 4.51. The van der Waals surface area contributed by atoms with Crippen LogP contribution in [0.5, 0.6) is 0 Å². The predicted octanol–water partition coefficient (Wildman–Crippen LogP) is 4.38. The van der Waals surface area contributed by atoms with E-state index in [1.165, 1.54) is 0 Å². The zero-order chi connectivity index (χ0) is 14.1. The predicted molar refractivity (Wildman–Crippen MR) is 81.0 cm³/mol. The van der Waals surface area contributed by atoms with E-state index in [1.807, 2.05) is 18.2 Å². The summed E-state index contributed by atoms with van der Waals surface area (Å²) in [5.74, 6) is 0.0557. The minimum absolute atomic E-state index is 0.0557. The molecule has 2 nitrogen and oxygen atoms in total. The summed E-state index contributed by atoms with van der Waals surface area (Å²) in [6.45, 7) is 11.1. The number of allylic oxidation sites excluding steroid dienone is 4. The van der Waals surface area contributed by atoms with E-state index >= 15 is 0 Å². The maximum atomic E-state index is 12.0. The van der Waals surface area contributed by atoms with Gasteiger partial charge in [0.2, 0.25) is 0 Å². The van der Waals surface area contributed by atoms with Gasteiger partial charge in [-0.3, -0.25) is 9.78 Å². The molecule has 0 atom stereocenters. The van der Waals surface area contributed by atoms with Crippen LogP contribution in [0.3, 0.4) is 0 Å². The first-order valence-electron chi connectivity index (χ1n) is 6.22. The quantitative estimate of drug-likeness (QED) is 0.508. The SMILES string of the molecule is C=CCC(=O)c1ccncc1C=C(CC=C)CC=C. The number of pyridine rings is 1. The van der Waals surface area contributed by atoms with E-state index in [4.69, 9.17) is 0 Å². The van der Waals surface area contributed by atoms with Gasteiger partial charge in [-0.1, -0.05) is 29.9 Å². The summed E-state index contributed by atoms with van der Waals surface area (Å²) in [5.41, 5.74) is 2.68. The zero-order valence-corrected chi connectivity index (χ0v) is 11.1. The Balaban J connectivity index is 3.14. The molecule has 0 aromatic carbocycles. The Bertz CT molecular complexity index is 500. The van der Waals surface area contributed by atoms with Crippen molar-refractivity contribution in [1.29, 1.82) is 0 Å². The fourth-order valence-corrected chi connectivity index (χ4v) is 1.81. The van der Waals surface area contributed by atoms with Crippen molar-refractivity contribution in [3.8, 4) is 0 Å². The summed E-state index contributed by atoms with van der Waals surface area (Å²) in [4.78, 5) is 16.1. The Labute approximate surface area is 114 Å². The van der Waals surface area contributed by atoms with Crippen LogP contribution in [-0.2, 0) is 0 Å². The lowest BCUT2D eigenvalue weighted by molar-refractivity contribution is 0.0995. The van der Waals surface area contributed by atoms with Crippen LogP contribution in [0.4, 0.5) is 0 Å². The Morgan fingerprint density at radius 2 is 1.74 bits per heavy atom. The van der Waals surface area contributed by atoms with Crippen LogP contribution in [-0.4, -0.2) is 10.8 Å². The Morgan fingerprint density at radius 3 is 2.32 bits per heavy atom. The lowest BCUT2D eigenvalue weighted by atomic mass is 9.99. The normalized spacial score (nSPS) is 9.47. The van der Waals surface area contributed by atoms with Crippen molar-refractivity contribution in [3.05, 3.63) is 73.1 Å². The molecule has 0 radical (unpaired) electrons. The van der Waals surface area contributed by atoms with Gasteiger partial charge < -0.3 is 0 Å². The minimum Gasteiger partial charge on any atom is -0.294 e. The number of rotatable bonds is 8. The van der Waals surface area contributed by atoms with Crippen molar-refractivity contribution >= 4 is 11.9 Å². The van der Waals surface area contributed by atoms with E-state index in [1.54, 1.807) is 24.5 Å². The number of nitrogens with zero attached hydrogens (tertiary/aromatic N) is 1. The van der Waals surface area contributed by atoms with Gasteiger partial charge in [-0.05, 0) is 18.9 Å². The summed E-state index contributed by atoms with van der Waals surface area (Å²) >= 11 is 0. The molecule has 1 aromatic heterocycles. The zero-order valence-electron chi connectivity index (χ0n) is 11.1. The maximum absolute atomic E-state index is 12.0. The van der Waals surface area contributed by atoms with Gasteiger partial charge in [0, 0.05) is 29.9 Å². The standard InChI is InChI=1S/C17H19NO/c1-4-7-14(8-5-2)12-15-13-18-11-10-16(15)17(19)9-6-3/h4-6,10-13H,1-3,7-9H2. The van der Waals surface area contributed by atoms with Crippen LogP contribution in [0.1, 0.15) is 35.2 Å². The Kier molecular flexibility index (Phi) is 6.23. The van der Waals surface area contributed by atoms with E-state index in [2.05, 4.69) is 24.7 Å². The second kappa shape index (κ2) is 7.98. The van der Waals surface area contributed by atoms with E-state index in [0.717, 1.165) is 24.0 Å². The topological polar surface area (TPSA) is 30.0 Å². The first-order valence-corrected chi connectivity index (χ1v) is 6.22. The van der Waals surface area contributed by atoms with Crippen molar-refractivity contribution in [2.24, 2.45) is 0 Å². The molecule has 0 N–H and O–H groups in total. The van der Waals surface area contributed by atoms with Crippen LogP contribution < -0.4 is 0 Å². The van der Waals surface area contributed by atoms with E-state index in [9.17, 15) is 4.79 Å². The third-order valence-corrected chi connectivity index (χ3v) is 2.65. The molecule has 1 aromatic rings. The Morgan fingerprint density at radius 1 is 1.11 bits per heavy atom. The monoisotopic (exact) mass is 253 g/mol. The smallest absolute Gasteiger partial charge is 0.167 e. The summed E-state index contributed by atoms with van der Waals surface area (Å²) in [7, 11) is 0. The molecule has 0 aliphatic heterocycles. The largest absolute Gasteiger partial charge is 0.294 e. The second-order valence-electron chi connectivity index (χ2n) is 4.17. The first kappa shape index (κ1) is 14.8. The molecular formula is C17H19NO. The Hall–Kier alpha value is -2.22. The van der Waals surface area contributed by atoms with Crippen LogP contribution in [0, 0.1) is 0 Å². The average Bonchev–Trinajstić information content (AvgIpc) is 2.40. The number of aromatic nitrogens is 1. The van der Waals surface area contributed by atoms with E-state index in [0.29, 0.717) is 12.0 Å². The second-order valence-corrected chi connectivity index (χ2v) is 4.17. The maximum Gasteiger partial charge on any atom is 0.167 e. The summed E-state index contributed by atoms with van der Waals surface area (Å²) in [5, 5.41) is 0. The number of ketones is 1. The molecule has 0 fully saturated rings. The highest BCUT2D eigenvalue weighted by atomic mass is 16.1. The number of carbonyl (C=O) groups is 1. The molecule has 0 bridgehead atoms. The van der Waals surface area contributed by atoms with Gasteiger partial charge in [0.05, 0.1) is 0 Å². The molecule has 0 saturated carbocycles. The van der Waals surface area contributed by atoms with E-state index in [-0.39, 0.29) is 5.78 Å². The van der Waals surface area contributed by atoms with Crippen LogP contribution >= 0.6 is 0 Å². The lowest BCUT2D eigenvalue weighted by Crippen LogP contribution is -2.01. The molecule has 0 amide bonds. The third-order valence-electron chi connectivity index (χ3n) is 2.65. The van der Waals surface area contributed by atoms with Gasteiger partial charge in [0.15, 0.2) is 5.78 Å². The van der Waals surface area contributed by atoms with Crippen molar-refractivity contribution in [3.63, 3.8) is 0 Å². The molecule has 19 heavy (non-hydrogen) atoms. The van der Waals surface area contributed by atoms with Gasteiger partial charge in [0.25, 0.3) is 0 Å². The van der Waals surface area contributed by atoms with Gasteiger partial charge in [0.1, 0.15) is 0 Å². The van der Waals surface area contributed by atoms with Crippen LogP contribution in [0.15, 0.2) is 62.0 Å². The van der Waals surface area contributed by atoms with Gasteiger partial charge in [-0.2, -0.15) is 0 Å². The molecule has 98 valence electrons. The molecule has 2 heteroatoms. The number of hydrogen-bond donors (Lipinski definition) is 0. The fourth-order valence-electron chi connectivity index (χ4n) is 1.81. The molecule has 1 rings (SSSR count). The molecule has 0 aliphatic carbocycles.